The number of rotatable bonds is 4. The Morgan fingerprint density at radius 1 is 1.50 bits per heavy atom. The highest BCUT2D eigenvalue weighted by molar-refractivity contribution is 14.1. The van der Waals surface area contributed by atoms with Crippen LogP contribution in [0, 0.1) is 3.57 Å². The van der Waals surface area contributed by atoms with E-state index in [-0.39, 0.29) is 18.6 Å². The number of carbonyl (C=O) groups excluding carboxylic acids is 1. The quantitative estimate of drug-likeness (QED) is 0.858. The van der Waals surface area contributed by atoms with Gasteiger partial charge >= 0.3 is 0 Å². The monoisotopic (exact) mass is 333 g/mol. The molecular weight excluding hydrogens is 317 g/mol. The molecule has 0 unspecified atom stereocenters. The molecule has 0 atom stereocenters. The molecule has 1 N–H and O–H groups in total. The summed E-state index contributed by atoms with van der Waals surface area (Å²) in [5.74, 6) is -0.0254. The van der Waals surface area contributed by atoms with Gasteiger partial charge in [0.2, 0.25) is 0 Å². The van der Waals surface area contributed by atoms with E-state index in [9.17, 15) is 4.79 Å². The SMILES string of the molecule is CC(C)N(CCO)C(=O)c1cccc(I)c1. The van der Waals surface area contributed by atoms with Crippen molar-refractivity contribution in [3.8, 4) is 0 Å². The van der Waals surface area contributed by atoms with Crippen LogP contribution < -0.4 is 0 Å². The third kappa shape index (κ3) is 3.45. The smallest absolute Gasteiger partial charge is 0.254 e. The van der Waals surface area contributed by atoms with Crippen molar-refractivity contribution in [3.63, 3.8) is 0 Å². The Kier molecular flexibility index (Phi) is 5.21. The Balaban J connectivity index is 2.90. The highest BCUT2D eigenvalue weighted by atomic mass is 127. The van der Waals surface area contributed by atoms with Crippen molar-refractivity contribution in [2.24, 2.45) is 0 Å². The molecular formula is C12H16INO2. The molecule has 0 heterocycles. The fourth-order valence-electron chi connectivity index (χ4n) is 1.49. The van der Waals surface area contributed by atoms with Gasteiger partial charge in [0.1, 0.15) is 0 Å². The van der Waals surface area contributed by atoms with Gasteiger partial charge < -0.3 is 10.0 Å². The summed E-state index contributed by atoms with van der Waals surface area (Å²) >= 11 is 2.18. The summed E-state index contributed by atoms with van der Waals surface area (Å²) in [5.41, 5.74) is 0.675. The van der Waals surface area contributed by atoms with Crippen molar-refractivity contribution in [2.45, 2.75) is 19.9 Å². The Bertz CT molecular complexity index is 366. The summed E-state index contributed by atoms with van der Waals surface area (Å²) in [6.45, 7) is 4.26. The first-order valence-electron chi connectivity index (χ1n) is 5.23. The van der Waals surface area contributed by atoms with Gasteiger partial charge in [0.05, 0.1) is 6.61 Å². The maximum Gasteiger partial charge on any atom is 0.254 e. The van der Waals surface area contributed by atoms with Crippen LogP contribution in [0.4, 0.5) is 0 Å². The molecule has 1 aromatic rings. The Morgan fingerprint density at radius 2 is 2.19 bits per heavy atom. The molecule has 0 fully saturated rings. The first-order chi connectivity index (χ1) is 7.56. The van der Waals surface area contributed by atoms with E-state index in [1.54, 1.807) is 11.0 Å². The first-order valence-corrected chi connectivity index (χ1v) is 6.31. The Hall–Kier alpha value is -0.620. The van der Waals surface area contributed by atoms with Crippen molar-refractivity contribution in [3.05, 3.63) is 33.4 Å². The van der Waals surface area contributed by atoms with Gasteiger partial charge in [-0.3, -0.25) is 4.79 Å². The third-order valence-corrected chi connectivity index (χ3v) is 2.97. The number of hydrogen-bond acceptors (Lipinski definition) is 2. The first kappa shape index (κ1) is 13.4. The largest absolute Gasteiger partial charge is 0.395 e. The average molecular weight is 333 g/mol. The molecule has 16 heavy (non-hydrogen) atoms. The molecule has 1 rings (SSSR count). The number of aliphatic hydroxyl groups is 1. The third-order valence-electron chi connectivity index (χ3n) is 2.30. The van der Waals surface area contributed by atoms with Crippen molar-refractivity contribution >= 4 is 28.5 Å². The lowest BCUT2D eigenvalue weighted by atomic mass is 10.2. The van der Waals surface area contributed by atoms with Gasteiger partial charge in [-0.15, -0.1) is 0 Å². The van der Waals surface area contributed by atoms with Crippen LogP contribution in [-0.4, -0.2) is 35.1 Å². The zero-order valence-electron chi connectivity index (χ0n) is 9.48. The number of benzene rings is 1. The molecule has 88 valence electrons. The standard InChI is InChI=1S/C12H16INO2/c1-9(2)14(6-7-15)12(16)10-4-3-5-11(13)8-10/h3-5,8-9,15H,6-7H2,1-2H3. The number of hydrogen-bond donors (Lipinski definition) is 1. The molecule has 4 heteroatoms. The summed E-state index contributed by atoms with van der Waals surface area (Å²) in [4.78, 5) is 13.8. The predicted octanol–water partition coefficient (Wildman–Crippen LogP) is 2.13. The van der Waals surface area contributed by atoms with Gasteiger partial charge in [-0.1, -0.05) is 6.07 Å². The summed E-state index contributed by atoms with van der Waals surface area (Å²) in [5, 5.41) is 8.94. The van der Waals surface area contributed by atoms with E-state index in [1.807, 2.05) is 32.0 Å². The van der Waals surface area contributed by atoms with E-state index < -0.39 is 0 Å². The van der Waals surface area contributed by atoms with E-state index in [4.69, 9.17) is 5.11 Å². The molecule has 0 saturated carbocycles. The Morgan fingerprint density at radius 3 is 2.69 bits per heavy atom. The van der Waals surface area contributed by atoms with Crippen molar-refractivity contribution in [2.75, 3.05) is 13.2 Å². The second-order valence-electron chi connectivity index (χ2n) is 3.83. The Labute approximate surface area is 110 Å². The molecule has 1 aromatic carbocycles. The molecule has 0 radical (unpaired) electrons. The van der Waals surface area contributed by atoms with Gasteiger partial charge in [-0.2, -0.15) is 0 Å². The number of aliphatic hydroxyl groups excluding tert-OH is 1. The molecule has 0 aromatic heterocycles. The lowest BCUT2D eigenvalue weighted by Crippen LogP contribution is -2.39. The van der Waals surface area contributed by atoms with Gasteiger partial charge in [0.25, 0.3) is 5.91 Å². The minimum atomic E-state index is -0.0254. The van der Waals surface area contributed by atoms with Gasteiger partial charge in [-0.25, -0.2) is 0 Å². The lowest BCUT2D eigenvalue weighted by Gasteiger charge is -2.26. The molecule has 0 saturated heterocycles. The minimum absolute atomic E-state index is 0.00611. The van der Waals surface area contributed by atoms with E-state index in [0.717, 1.165) is 3.57 Å². The van der Waals surface area contributed by atoms with Gasteiger partial charge in [-0.05, 0) is 54.6 Å². The maximum atomic E-state index is 12.1. The summed E-state index contributed by atoms with van der Waals surface area (Å²) in [6, 6.07) is 7.57. The van der Waals surface area contributed by atoms with Crippen LogP contribution in [0.1, 0.15) is 24.2 Å². The van der Waals surface area contributed by atoms with Crippen LogP contribution in [-0.2, 0) is 0 Å². The highest BCUT2D eigenvalue weighted by Gasteiger charge is 2.17. The molecule has 0 aliphatic carbocycles. The fourth-order valence-corrected chi connectivity index (χ4v) is 2.03. The second kappa shape index (κ2) is 6.20. The molecule has 0 aliphatic heterocycles. The summed E-state index contributed by atoms with van der Waals surface area (Å²) in [6.07, 6.45) is 0. The maximum absolute atomic E-state index is 12.1. The van der Waals surface area contributed by atoms with Crippen LogP contribution in [0.15, 0.2) is 24.3 Å². The second-order valence-corrected chi connectivity index (χ2v) is 5.07. The summed E-state index contributed by atoms with van der Waals surface area (Å²) < 4.78 is 1.04. The average Bonchev–Trinajstić information content (AvgIpc) is 2.24. The highest BCUT2D eigenvalue weighted by Crippen LogP contribution is 2.12. The van der Waals surface area contributed by atoms with Crippen LogP contribution in [0.2, 0.25) is 0 Å². The zero-order chi connectivity index (χ0) is 12.1. The van der Waals surface area contributed by atoms with Crippen LogP contribution in [0.25, 0.3) is 0 Å². The molecule has 1 amide bonds. The minimum Gasteiger partial charge on any atom is -0.395 e. The molecule has 0 bridgehead atoms. The lowest BCUT2D eigenvalue weighted by molar-refractivity contribution is 0.0665. The van der Waals surface area contributed by atoms with E-state index in [2.05, 4.69) is 22.6 Å². The number of nitrogens with zero attached hydrogens (tertiary/aromatic N) is 1. The van der Waals surface area contributed by atoms with Gasteiger partial charge in [0.15, 0.2) is 0 Å². The zero-order valence-corrected chi connectivity index (χ0v) is 11.6. The number of carbonyl (C=O) groups is 1. The molecule has 3 nitrogen and oxygen atoms in total. The van der Waals surface area contributed by atoms with E-state index >= 15 is 0 Å². The van der Waals surface area contributed by atoms with Crippen LogP contribution in [0.3, 0.4) is 0 Å². The molecule has 0 aliphatic rings. The van der Waals surface area contributed by atoms with Gasteiger partial charge in [0, 0.05) is 21.7 Å². The normalized spacial score (nSPS) is 10.6. The fraction of sp³-hybridized carbons (Fsp3) is 0.417. The van der Waals surface area contributed by atoms with Crippen molar-refractivity contribution in [1.29, 1.82) is 0 Å². The topological polar surface area (TPSA) is 40.5 Å². The van der Waals surface area contributed by atoms with Crippen LogP contribution in [0.5, 0.6) is 0 Å². The number of amides is 1. The molecule has 0 spiro atoms. The van der Waals surface area contributed by atoms with E-state index in [1.165, 1.54) is 0 Å². The van der Waals surface area contributed by atoms with E-state index in [0.29, 0.717) is 12.1 Å². The number of halogens is 1. The van der Waals surface area contributed by atoms with Crippen molar-refractivity contribution in [1.82, 2.24) is 4.90 Å². The van der Waals surface area contributed by atoms with Crippen molar-refractivity contribution < 1.29 is 9.90 Å². The summed E-state index contributed by atoms with van der Waals surface area (Å²) in [7, 11) is 0. The predicted molar refractivity (Wildman–Crippen MR) is 72.4 cm³/mol. The van der Waals surface area contributed by atoms with Crippen LogP contribution >= 0.6 is 22.6 Å².